The summed E-state index contributed by atoms with van der Waals surface area (Å²) in [5.41, 5.74) is -0.453. The van der Waals surface area contributed by atoms with Gasteiger partial charge in [-0.2, -0.15) is 0 Å². The number of aliphatic hydroxyl groups excluding tert-OH is 1. The fraction of sp³-hybridized carbons (Fsp3) is 1.00. The normalized spacial score (nSPS) is 32.8. The van der Waals surface area contributed by atoms with E-state index in [-0.39, 0.29) is 0 Å². The number of hydrogen-bond donors (Lipinski definition) is 3. The highest BCUT2D eigenvalue weighted by Crippen LogP contribution is 2.31. The average molecular weight is 241 g/mol. The summed E-state index contributed by atoms with van der Waals surface area (Å²) in [4.78, 5) is 0. The molecule has 0 spiro atoms. The van der Waals surface area contributed by atoms with E-state index in [4.69, 9.17) is 0 Å². The Hall–Kier alpha value is -0.120. The van der Waals surface area contributed by atoms with E-state index in [1.54, 1.807) is 0 Å². The summed E-state index contributed by atoms with van der Waals surface area (Å²) < 4.78 is 0. The minimum absolute atomic E-state index is 0.330. The smallest absolute Gasteiger partial charge is 0.0771 e. The van der Waals surface area contributed by atoms with Gasteiger partial charge in [0.05, 0.1) is 5.60 Å². The molecule has 0 aromatic carbocycles. The van der Waals surface area contributed by atoms with Crippen LogP contribution in [0.2, 0.25) is 0 Å². The molecule has 2 rings (SSSR count). The molecule has 0 radical (unpaired) electrons. The van der Waals surface area contributed by atoms with Gasteiger partial charge in [0.2, 0.25) is 0 Å². The van der Waals surface area contributed by atoms with Crippen molar-refractivity contribution >= 4 is 0 Å². The predicted octanol–water partition coefficient (Wildman–Crippen LogP) is 1.68. The molecule has 100 valence electrons. The zero-order valence-electron chi connectivity index (χ0n) is 10.8. The molecule has 17 heavy (non-hydrogen) atoms. The van der Waals surface area contributed by atoms with Gasteiger partial charge in [0, 0.05) is 13.2 Å². The lowest BCUT2D eigenvalue weighted by atomic mass is 9.84. The largest absolute Gasteiger partial charge is 0.396 e. The van der Waals surface area contributed by atoms with Crippen molar-refractivity contribution in [3.05, 3.63) is 0 Å². The van der Waals surface area contributed by atoms with Crippen LogP contribution in [0.4, 0.5) is 0 Å². The Balaban J connectivity index is 1.68. The zero-order valence-corrected chi connectivity index (χ0v) is 10.8. The molecule has 0 bridgehead atoms. The maximum absolute atomic E-state index is 10.4. The molecule has 0 aromatic rings. The minimum atomic E-state index is -0.453. The van der Waals surface area contributed by atoms with Crippen molar-refractivity contribution in [1.29, 1.82) is 0 Å². The summed E-state index contributed by atoms with van der Waals surface area (Å²) in [6, 6.07) is 0. The predicted molar refractivity (Wildman–Crippen MR) is 68.8 cm³/mol. The Kier molecular flexibility index (Phi) is 4.83. The monoisotopic (exact) mass is 241 g/mol. The maximum Gasteiger partial charge on any atom is 0.0771 e. The van der Waals surface area contributed by atoms with Gasteiger partial charge in [-0.15, -0.1) is 0 Å². The van der Waals surface area contributed by atoms with Gasteiger partial charge >= 0.3 is 0 Å². The molecule has 2 fully saturated rings. The second kappa shape index (κ2) is 6.17. The van der Waals surface area contributed by atoms with Gasteiger partial charge in [-0.25, -0.2) is 0 Å². The molecular formula is C14H27NO2. The Morgan fingerprint density at radius 2 is 1.71 bits per heavy atom. The first-order valence-corrected chi connectivity index (χ1v) is 7.27. The van der Waals surface area contributed by atoms with E-state index in [0.29, 0.717) is 18.4 Å². The Morgan fingerprint density at radius 1 is 1.00 bits per heavy atom. The third kappa shape index (κ3) is 3.67. The van der Waals surface area contributed by atoms with E-state index in [0.717, 1.165) is 25.9 Å². The van der Waals surface area contributed by atoms with Crippen LogP contribution >= 0.6 is 0 Å². The third-order valence-corrected chi connectivity index (χ3v) is 4.70. The van der Waals surface area contributed by atoms with Crippen LogP contribution in [0.1, 0.15) is 51.4 Å². The zero-order chi connectivity index (χ0) is 12.1. The van der Waals surface area contributed by atoms with E-state index >= 15 is 0 Å². The lowest BCUT2D eigenvalue weighted by Crippen LogP contribution is -2.43. The average Bonchev–Trinajstić information content (AvgIpc) is 2.77. The molecular weight excluding hydrogens is 214 g/mol. The van der Waals surface area contributed by atoms with Crippen molar-refractivity contribution < 1.29 is 10.2 Å². The van der Waals surface area contributed by atoms with Gasteiger partial charge in [0.1, 0.15) is 0 Å². The molecule has 2 aliphatic carbocycles. The fourth-order valence-corrected chi connectivity index (χ4v) is 3.50. The third-order valence-electron chi connectivity index (χ3n) is 4.70. The number of hydrogen-bond acceptors (Lipinski definition) is 3. The van der Waals surface area contributed by atoms with Crippen LogP contribution in [0.15, 0.2) is 0 Å². The molecule has 2 atom stereocenters. The van der Waals surface area contributed by atoms with Gasteiger partial charge in [0.15, 0.2) is 0 Å². The van der Waals surface area contributed by atoms with Gasteiger partial charge in [-0.05, 0) is 44.1 Å². The van der Waals surface area contributed by atoms with Crippen molar-refractivity contribution in [1.82, 2.24) is 5.32 Å². The van der Waals surface area contributed by atoms with E-state index in [9.17, 15) is 10.2 Å². The lowest BCUT2D eigenvalue weighted by molar-refractivity contribution is 0.00380. The standard InChI is InChI=1S/C14H27NO2/c16-10-13-6-4-5-12(13)9-15-11-14(17)7-2-1-3-8-14/h12-13,15-17H,1-11H2. The number of aliphatic hydroxyl groups is 2. The second-order valence-electron chi connectivity index (χ2n) is 6.05. The first-order chi connectivity index (χ1) is 8.23. The van der Waals surface area contributed by atoms with E-state index in [1.807, 2.05) is 0 Å². The molecule has 3 nitrogen and oxygen atoms in total. The summed E-state index contributed by atoms with van der Waals surface area (Å²) in [6.45, 7) is 2.03. The highest BCUT2D eigenvalue weighted by atomic mass is 16.3. The summed E-state index contributed by atoms with van der Waals surface area (Å²) in [6.07, 6.45) is 9.17. The quantitative estimate of drug-likeness (QED) is 0.686. The van der Waals surface area contributed by atoms with Crippen molar-refractivity contribution in [3.63, 3.8) is 0 Å². The van der Waals surface area contributed by atoms with Crippen LogP contribution in [0.25, 0.3) is 0 Å². The van der Waals surface area contributed by atoms with E-state index < -0.39 is 5.60 Å². The number of rotatable bonds is 5. The second-order valence-corrected chi connectivity index (χ2v) is 6.05. The van der Waals surface area contributed by atoms with Crippen molar-refractivity contribution in [3.8, 4) is 0 Å². The molecule has 0 aromatic heterocycles. The van der Waals surface area contributed by atoms with E-state index in [1.165, 1.54) is 38.5 Å². The molecule has 3 heteroatoms. The van der Waals surface area contributed by atoms with Crippen LogP contribution in [0, 0.1) is 11.8 Å². The van der Waals surface area contributed by atoms with Crippen LogP contribution in [0.5, 0.6) is 0 Å². The summed E-state index contributed by atoms with van der Waals surface area (Å²) in [5, 5.41) is 23.1. The Bertz CT molecular complexity index is 226. The molecule has 2 unspecified atom stereocenters. The van der Waals surface area contributed by atoms with Gasteiger partial charge in [0.25, 0.3) is 0 Å². The van der Waals surface area contributed by atoms with Crippen LogP contribution in [0.3, 0.4) is 0 Å². The van der Waals surface area contributed by atoms with Gasteiger partial charge in [-0.3, -0.25) is 0 Å². The first-order valence-electron chi connectivity index (χ1n) is 7.27. The van der Waals surface area contributed by atoms with Crippen molar-refractivity contribution in [2.45, 2.75) is 57.0 Å². The number of nitrogens with one attached hydrogen (secondary N) is 1. The van der Waals surface area contributed by atoms with Crippen molar-refractivity contribution in [2.24, 2.45) is 11.8 Å². The molecule has 2 aliphatic rings. The molecule has 0 amide bonds. The SMILES string of the molecule is OCC1CCCC1CNCC1(O)CCCCC1. The minimum Gasteiger partial charge on any atom is -0.396 e. The topological polar surface area (TPSA) is 52.5 Å². The molecule has 0 heterocycles. The van der Waals surface area contributed by atoms with Gasteiger partial charge < -0.3 is 15.5 Å². The molecule has 2 saturated carbocycles. The molecule has 0 aliphatic heterocycles. The van der Waals surface area contributed by atoms with Crippen LogP contribution < -0.4 is 5.32 Å². The van der Waals surface area contributed by atoms with Crippen molar-refractivity contribution in [2.75, 3.05) is 19.7 Å². The maximum atomic E-state index is 10.4. The summed E-state index contributed by atoms with van der Waals surface area (Å²) in [5.74, 6) is 1.11. The molecule has 3 N–H and O–H groups in total. The van der Waals surface area contributed by atoms with Crippen LogP contribution in [-0.4, -0.2) is 35.5 Å². The fourth-order valence-electron chi connectivity index (χ4n) is 3.50. The van der Waals surface area contributed by atoms with Gasteiger partial charge in [-0.1, -0.05) is 25.7 Å². The highest BCUT2D eigenvalue weighted by Gasteiger charge is 2.30. The summed E-state index contributed by atoms with van der Waals surface area (Å²) in [7, 11) is 0. The summed E-state index contributed by atoms with van der Waals surface area (Å²) >= 11 is 0. The molecule has 0 saturated heterocycles. The Morgan fingerprint density at radius 3 is 2.41 bits per heavy atom. The lowest BCUT2D eigenvalue weighted by Gasteiger charge is -2.33. The van der Waals surface area contributed by atoms with E-state index in [2.05, 4.69) is 5.32 Å². The highest BCUT2D eigenvalue weighted by molar-refractivity contribution is 4.86. The Labute approximate surface area is 105 Å². The van der Waals surface area contributed by atoms with Crippen LogP contribution in [-0.2, 0) is 0 Å². The first kappa shape index (κ1) is 13.3.